The fraction of sp³-hybridized carbons (Fsp3) is 0.273. The monoisotopic (exact) mass is 379 g/mol. The van der Waals surface area contributed by atoms with Gasteiger partial charge in [0.1, 0.15) is 17.3 Å². The van der Waals surface area contributed by atoms with Gasteiger partial charge in [0.2, 0.25) is 0 Å². The number of hydrogen-bond acceptors (Lipinski definition) is 4. The van der Waals surface area contributed by atoms with Crippen LogP contribution in [0, 0.1) is 0 Å². The Morgan fingerprint density at radius 1 is 1.11 bits per heavy atom. The van der Waals surface area contributed by atoms with E-state index >= 15 is 0 Å². The maximum atomic E-state index is 12.7. The van der Waals surface area contributed by atoms with E-state index in [0.717, 1.165) is 17.1 Å². The number of rotatable bonds is 7. The van der Waals surface area contributed by atoms with Crippen LogP contribution >= 0.6 is 0 Å². The van der Waals surface area contributed by atoms with Crippen LogP contribution in [-0.4, -0.2) is 29.7 Å². The van der Waals surface area contributed by atoms with Crippen LogP contribution in [0.2, 0.25) is 0 Å². The van der Waals surface area contributed by atoms with Gasteiger partial charge >= 0.3 is 0 Å². The van der Waals surface area contributed by atoms with Gasteiger partial charge in [0.05, 0.1) is 14.2 Å². The highest BCUT2D eigenvalue weighted by Gasteiger charge is 2.11. The fourth-order valence-electron chi connectivity index (χ4n) is 3.04. The molecule has 6 nitrogen and oxygen atoms in total. The number of nitrogens with zero attached hydrogens (tertiary/aromatic N) is 2. The summed E-state index contributed by atoms with van der Waals surface area (Å²) in [6, 6.07) is 12.9. The van der Waals surface area contributed by atoms with Crippen LogP contribution in [0.25, 0.3) is 0 Å². The highest BCUT2D eigenvalue weighted by Crippen LogP contribution is 2.23. The van der Waals surface area contributed by atoms with Gasteiger partial charge in [0.25, 0.3) is 5.91 Å². The molecular weight excluding hydrogens is 354 g/mol. The van der Waals surface area contributed by atoms with Gasteiger partial charge in [-0.3, -0.25) is 4.79 Å². The van der Waals surface area contributed by atoms with Crippen LogP contribution in [-0.2, 0) is 6.54 Å². The maximum absolute atomic E-state index is 12.7. The molecule has 6 heteroatoms. The van der Waals surface area contributed by atoms with Gasteiger partial charge in [-0.15, -0.1) is 0 Å². The molecule has 1 heterocycles. The van der Waals surface area contributed by atoms with E-state index in [-0.39, 0.29) is 5.91 Å². The number of ether oxygens (including phenoxy) is 2. The second-order valence-electron chi connectivity index (χ2n) is 6.82. The summed E-state index contributed by atoms with van der Waals surface area (Å²) in [5.41, 5.74) is 2.29. The van der Waals surface area contributed by atoms with E-state index in [9.17, 15) is 4.79 Å². The summed E-state index contributed by atoms with van der Waals surface area (Å²) in [6.07, 6.45) is 3.79. The highest BCUT2D eigenvalue weighted by molar-refractivity contribution is 6.04. The third kappa shape index (κ3) is 4.52. The predicted octanol–water partition coefficient (Wildman–Crippen LogP) is 4.32. The minimum atomic E-state index is -0.222. The summed E-state index contributed by atoms with van der Waals surface area (Å²) >= 11 is 0. The van der Waals surface area contributed by atoms with E-state index < -0.39 is 0 Å². The number of carbonyl (C=O) groups excluding carboxylic acids is 1. The Hall–Kier alpha value is -3.28. The number of nitrogens with one attached hydrogen (secondary N) is 1. The van der Waals surface area contributed by atoms with Crippen molar-refractivity contribution in [2.45, 2.75) is 26.3 Å². The number of hydrogen-bond donors (Lipinski definition) is 1. The molecule has 0 fully saturated rings. The second-order valence-corrected chi connectivity index (χ2v) is 6.82. The van der Waals surface area contributed by atoms with E-state index in [1.807, 2.05) is 36.7 Å². The number of aromatic nitrogens is 2. The van der Waals surface area contributed by atoms with Gasteiger partial charge in [-0.05, 0) is 29.8 Å². The fourth-order valence-corrected chi connectivity index (χ4v) is 3.04. The lowest BCUT2D eigenvalue weighted by Gasteiger charge is -2.12. The third-order valence-corrected chi connectivity index (χ3v) is 4.42. The summed E-state index contributed by atoms with van der Waals surface area (Å²) in [5.74, 6) is 2.30. The molecule has 0 aliphatic carbocycles. The quantitative estimate of drug-likeness (QED) is 0.664. The molecule has 3 rings (SSSR count). The number of imidazole rings is 1. The molecule has 3 aromatic rings. The van der Waals surface area contributed by atoms with Crippen molar-refractivity contribution in [3.05, 3.63) is 71.8 Å². The molecular formula is C22H25N3O3. The van der Waals surface area contributed by atoms with Crippen molar-refractivity contribution in [1.82, 2.24) is 9.55 Å². The Bertz CT molecular complexity index is 941. The normalized spacial score (nSPS) is 10.8. The summed E-state index contributed by atoms with van der Waals surface area (Å²) in [6.45, 7) is 4.94. The van der Waals surface area contributed by atoms with E-state index in [1.54, 1.807) is 32.4 Å². The zero-order chi connectivity index (χ0) is 20.1. The number of methoxy groups -OCH3 is 2. The van der Waals surface area contributed by atoms with E-state index in [2.05, 4.69) is 28.7 Å². The lowest BCUT2D eigenvalue weighted by atomic mass is 10.1. The van der Waals surface area contributed by atoms with Crippen molar-refractivity contribution in [2.75, 3.05) is 19.5 Å². The molecule has 0 atom stereocenters. The van der Waals surface area contributed by atoms with Crippen molar-refractivity contribution in [3.63, 3.8) is 0 Å². The first-order chi connectivity index (χ1) is 13.5. The Labute approximate surface area is 165 Å². The lowest BCUT2D eigenvalue weighted by Crippen LogP contribution is -2.13. The minimum Gasteiger partial charge on any atom is -0.497 e. The molecule has 0 aliphatic heterocycles. The van der Waals surface area contributed by atoms with Gasteiger partial charge in [0, 0.05) is 42.2 Å². The van der Waals surface area contributed by atoms with Crippen molar-refractivity contribution in [3.8, 4) is 11.5 Å². The van der Waals surface area contributed by atoms with E-state index in [1.165, 1.54) is 0 Å². The first kappa shape index (κ1) is 19.5. The average Bonchev–Trinajstić information content (AvgIpc) is 3.16. The largest absolute Gasteiger partial charge is 0.497 e. The van der Waals surface area contributed by atoms with E-state index in [0.29, 0.717) is 29.5 Å². The first-order valence-electron chi connectivity index (χ1n) is 9.14. The third-order valence-electron chi connectivity index (χ3n) is 4.42. The Morgan fingerprint density at radius 3 is 2.46 bits per heavy atom. The molecule has 28 heavy (non-hydrogen) atoms. The molecule has 1 aromatic heterocycles. The average molecular weight is 379 g/mol. The molecule has 0 bridgehead atoms. The van der Waals surface area contributed by atoms with Crippen LogP contribution < -0.4 is 14.8 Å². The van der Waals surface area contributed by atoms with Gasteiger partial charge in [-0.1, -0.05) is 26.0 Å². The van der Waals surface area contributed by atoms with Crippen molar-refractivity contribution in [2.24, 2.45) is 0 Å². The molecule has 0 unspecified atom stereocenters. The van der Waals surface area contributed by atoms with Gasteiger partial charge in [-0.25, -0.2) is 4.98 Å². The zero-order valence-electron chi connectivity index (χ0n) is 16.6. The van der Waals surface area contributed by atoms with Crippen molar-refractivity contribution >= 4 is 11.6 Å². The molecule has 0 spiro atoms. The van der Waals surface area contributed by atoms with Crippen molar-refractivity contribution < 1.29 is 14.3 Å². The number of carbonyl (C=O) groups is 1. The predicted molar refractivity (Wildman–Crippen MR) is 109 cm³/mol. The van der Waals surface area contributed by atoms with Crippen LogP contribution in [0.4, 0.5) is 5.69 Å². The molecule has 0 radical (unpaired) electrons. The standard InChI is InChI=1S/C22H25N3O3/c1-15(2)21-23-8-9-25(21)14-16-6-5-7-18(10-16)24-22(26)17-11-19(27-3)13-20(12-17)28-4/h5-13,15H,14H2,1-4H3,(H,24,26). The zero-order valence-corrected chi connectivity index (χ0v) is 16.6. The van der Waals surface area contributed by atoms with Gasteiger partial charge in [-0.2, -0.15) is 0 Å². The maximum Gasteiger partial charge on any atom is 0.255 e. The summed E-state index contributed by atoms with van der Waals surface area (Å²) in [7, 11) is 3.11. The van der Waals surface area contributed by atoms with Crippen molar-refractivity contribution in [1.29, 1.82) is 0 Å². The van der Waals surface area contributed by atoms with Crippen LogP contribution in [0.5, 0.6) is 11.5 Å². The summed E-state index contributed by atoms with van der Waals surface area (Å²) in [5, 5.41) is 2.94. The molecule has 1 amide bonds. The highest BCUT2D eigenvalue weighted by atomic mass is 16.5. The minimum absolute atomic E-state index is 0.222. The van der Waals surface area contributed by atoms with Crippen LogP contribution in [0.3, 0.4) is 0 Å². The van der Waals surface area contributed by atoms with Gasteiger partial charge in [0.15, 0.2) is 0 Å². The Morgan fingerprint density at radius 2 is 1.82 bits per heavy atom. The molecule has 0 saturated heterocycles. The number of anilines is 1. The van der Waals surface area contributed by atoms with Crippen LogP contribution in [0.1, 0.15) is 41.5 Å². The van der Waals surface area contributed by atoms with Gasteiger partial charge < -0.3 is 19.4 Å². The number of amides is 1. The summed E-state index contributed by atoms with van der Waals surface area (Å²) in [4.78, 5) is 17.1. The second kappa shape index (κ2) is 8.61. The topological polar surface area (TPSA) is 65.4 Å². The lowest BCUT2D eigenvalue weighted by molar-refractivity contribution is 0.102. The first-order valence-corrected chi connectivity index (χ1v) is 9.14. The molecule has 0 aliphatic rings. The SMILES string of the molecule is COc1cc(OC)cc(C(=O)Nc2cccc(Cn3ccnc3C(C)C)c2)c1. The molecule has 0 saturated carbocycles. The number of benzene rings is 2. The smallest absolute Gasteiger partial charge is 0.255 e. The Balaban J connectivity index is 1.77. The Kier molecular flexibility index (Phi) is 5.99. The molecule has 2 aromatic carbocycles. The molecule has 146 valence electrons. The van der Waals surface area contributed by atoms with E-state index in [4.69, 9.17) is 9.47 Å². The van der Waals surface area contributed by atoms with Crippen LogP contribution in [0.15, 0.2) is 54.9 Å². The summed E-state index contributed by atoms with van der Waals surface area (Å²) < 4.78 is 12.6. The molecule has 1 N–H and O–H groups in total.